The lowest BCUT2D eigenvalue weighted by Gasteiger charge is -2.27. The van der Waals surface area contributed by atoms with Crippen LogP contribution in [0.5, 0.6) is 0 Å². The number of hydrogen-bond donors (Lipinski definition) is 0. The van der Waals surface area contributed by atoms with Crippen LogP contribution in [0, 0.1) is 0 Å². The Labute approximate surface area is 348 Å². The molecule has 0 bridgehead atoms. The zero-order valence-corrected chi connectivity index (χ0v) is 32.8. The number of nitrogens with zero attached hydrogens (tertiary/aromatic N) is 2. The Morgan fingerprint density at radius 2 is 0.733 bits per heavy atom. The van der Waals surface area contributed by atoms with Gasteiger partial charge in [-0.3, -0.25) is 0 Å². The maximum absolute atomic E-state index is 2.45. The van der Waals surface area contributed by atoms with Crippen molar-refractivity contribution in [3.63, 3.8) is 0 Å². The van der Waals surface area contributed by atoms with Gasteiger partial charge in [0, 0.05) is 33.5 Å². The Hall–Kier alpha value is -7.94. The molecular weight excluding hydrogens is 725 g/mol. The fourth-order valence-corrected chi connectivity index (χ4v) is 9.67. The van der Waals surface area contributed by atoms with Crippen LogP contribution in [0.1, 0.15) is 0 Å². The van der Waals surface area contributed by atoms with Crippen LogP contribution < -0.4 is 4.90 Å². The predicted octanol–water partition coefficient (Wildman–Crippen LogP) is 16.2. The molecule has 0 amide bonds. The molecule has 12 aromatic rings. The molecule has 12 rings (SSSR count). The topological polar surface area (TPSA) is 8.17 Å². The van der Waals surface area contributed by atoms with Gasteiger partial charge in [0.2, 0.25) is 0 Å². The Bertz CT molecular complexity index is 3590. The molecule has 0 fully saturated rings. The van der Waals surface area contributed by atoms with Crippen molar-refractivity contribution < 1.29 is 0 Å². The Morgan fingerprint density at radius 1 is 0.267 bits per heavy atom. The lowest BCUT2D eigenvalue weighted by atomic mass is 9.85. The summed E-state index contributed by atoms with van der Waals surface area (Å²) in [6.07, 6.45) is 0. The van der Waals surface area contributed by atoms with Crippen molar-refractivity contribution in [2.75, 3.05) is 4.90 Å². The third-order valence-electron chi connectivity index (χ3n) is 12.3. The first kappa shape index (κ1) is 34.1. The highest BCUT2D eigenvalue weighted by atomic mass is 15.1. The number of aromatic nitrogens is 1. The molecule has 0 aliphatic carbocycles. The van der Waals surface area contributed by atoms with Crippen LogP contribution in [0.15, 0.2) is 231 Å². The third kappa shape index (κ3) is 5.42. The molecule has 0 unspecified atom stereocenters. The van der Waals surface area contributed by atoms with E-state index < -0.39 is 0 Å². The molecule has 11 aromatic carbocycles. The van der Waals surface area contributed by atoms with E-state index in [2.05, 4.69) is 240 Å². The largest absolute Gasteiger partial charge is 0.310 e. The molecule has 0 saturated heterocycles. The van der Waals surface area contributed by atoms with Gasteiger partial charge in [0.1, 0.15) is 0 Å². The number of para-hydroxylation sites is 2. The zero-order chi connectivity index (χ0) is 39.6. The van der Waals surface area contributed by atoms with E-state index in [-0.39, 0.29) is 0 Å². The smallest absolute Gasteiger partial charge is 0.0542 e. The first-order valence-corrected chi connectivity index (χ1v) is 20.7. The van der Waals surface area contributed by atoms with E-state index in [0.717, 1.165) is 22.7 Å². The van der Waals surface area contributed by atoms with E-state index in [4.69, 9.17) is 0 Å². The van der Waals surface area contributed by atoms with Crippen LogP contribution in [-0.2, 0) is 0 Å². The van der Waals surface area contributed by atoms with E-state index in [1.54, 1.807) is 0 Å². The first-order valence-electron chi connectivity index (χ1n) is 20.7. The van der Waals surface area contributed by atoms with Gasteiger partial charge < -0.3 is 9.47 Å². The summed E-state index contributed by atoms with van der Waals surface area (Å²) >= 11 is 0. The number of hydrogen-bond acceptors (Lipinski definition) is 1. The van der Waals surface area contributed by atoms with E-state index in [1.807, 2.05) is 0 Å². The van der Waals surface area contributed by atoms with Gasteiger partial charge in [0.25, 0.3) is 0 Å². The van der Waals surface area contributed by atoms with Crippen molar-refractivity contribution >= 4 is 82.0 Å². The van der Waals surface area contributed by atoms with Crippen LogP contribution >= 0.6 is 0 Å². The van der Waals surface area contributed by atoms with Crippen molar-refractivity contribution in [1.82, 2.24) is 4.57 Å². The third-order valence-corrected chi connectivity index (χ3v) is 12.3. The minimum atomic E-state index is 1.10. The first-order chi connectivity index (χ1) is 29.8. The van der Waals surface area contributed by atoms with Gasteiger partial charge >= 0.3 is 0 Å². The van der Waals surface area contributed by atoms with Crippen molar-refractivity contribution in [3.05, 3.63) is 231 Å². The molecule has 1 heterocycles. The normalized spacial score (nSPS) is 11.7. The molecule has 2 nitrogen and oxygen atoms in total. The van der Waals surface area contributed by atoms with E-state index in [1.165, 1.54) is 87.1 Å². The summed E-state index contributed by atoms with van der Waals surface area (Å²) in [4.78, 5) is 2.45. The molecule has 0 atom stereocenters. The average molecular weight is 763 g/mol. The molecule has 0 aliphatic rings. The lowest BCUT2D eigenvalue weighted by molar-refractivity contribution is 1.18. The summed E-state index contributed by atoms with van der Waals surface area (Å²) in [6, 6.07) is 84.4. The van der Waals surface area contributed by atoms with Crippen LogP contribution in [0.25, 0.3) is 92.8 Å². The highest BCUT2D eigenvalue weighted by molar-refractivity contribution is 6.22. The minimum Gasteiger partial charge on any atom is -0.310 e. The number of fused-ring (bicyclic) bond motifs is 9. The van der Waals surface area contributed by atoms with Gasteiger partial charge in [-0.05, 0) is 126 Å². The second-order valence-corrected chi connectivity index (χ2v) is 15.7. The van der Waals surface area contributed by atoms with E-state index >= 15 is 0 Å². The van der Waals surface area contributed by atoms with Crippen molar-refractivity contribution in [1.29, 1.82) is 0 Å². The summed E-state index contributed by atoms with van der Waals surface area (Å²) in [6.45, 7) is 0. The fourth-order valence-electron chi connectivity index (χ4n) is 9.67. The molecule has 60 heavy (non-hydrogen) atoms. The zero-order valence-electron chi connectivity index (χ0n) is 32.8. The standard InChI is InChI=1S/C58H38N2/c1-4-17-40(18-5-1)57-52-26-13-12-24-49(52)50-34-31-45(38-54(50)58(57)41-19-6-2-7-20-41)59(44-30-33-48-42(36-44)29-28-39-16-10-11-23-47(39)48)46-32-35-56-53(37-46)51-25-14-15-27-55(51)60(56)43-21-8-3-9-22-43/h1-38H. The van der Waals surface area contributed by atoms with Crippen molar-refractivity contribution in [2.24, 2.45) is 0 Å². The second kappa shape index (κ2) is 13.9. The van der Waals surface area contributed by atoms with Crippen molar-refractivity contribution in [2.45, 2.75) is 0 Å². The predicted molar refractivity (Wildman–Crippen MR) is 256 cm³/mol. The van der Waals surface area contributed by atoms with Crippen LogP contribution in [0.3, 0.4) is 0 Å². The maximum Gasteiger partial charge on any atom is 0.0542 e. The lowest BCUT2D eigenvalue weighted by Crippen LogP contribution is -2.10. The molecule has 0 N–H and O–H groups in total. The monoisotopic (exact) mass is 762 g/mol. The highest BCUT2D eigenvalue weighted by Gasteiger charge is 2.22. The summed E-state index contributed by atoms with van der Waals surface area (Å²) in [7, 11) is 0. The Balaban J connectivity index is 1.16. The molecule has 280 valence electrons. The molecule has 2 heteroatoms. The van der Waals surface area contributed by atoms with Crippen molar-refractivity contribution in [3.8, 4) is 27.9 Å². The number of rotatable bonds is 6. The molecule has 1 aromatic heterocycles. The van der Waals surface area contributed by atoms with Gasteiger partial charge in [0.05, 0.1) is 11.0 Å². The van der Waals surface area contributed by atoms with Crippen LogP contribution in [0.2, 0.25) is 0 Å². The summed E-state index contributed by atoms with van der Waals surface area (Å²) in [5.41, 5.74) is 11.7. The van der Waals surface area contributed by atoms with Gasteiger partial charge in [-0.15, -0.1) is 0 Å². The average Bonchev–Trinajstić information content (AvgIpc) is 3.65. The van der Waals surface area contributed by atoms with Gasteiger partial charge in [0.15, 0.2) is 0 Å². The van der Waals surface area contributed by atoms with Gasteiger partial charge in [-0.2, -0.15) is 0 Å². The van der Waals surface area contributed by atoms with Crippen LogP contribution in [0.4, 0.5) is 17.1 Å². The SMILES string of the molecule is c1ccc(-c2c(-c3ccccc3)c3cc(N(c4ccc5c(ccc6ccccc65)c4)c4ccc5c(c4)c4ccccc4n5-c4ccccc4)ccc3c3ccccc23)cc1. The summed E-state index contributed by atoms with van der Waals surface area (Å²) < 4.78 is 2.39. The molecule has 0 radical (unpaired) electrons. The van der Waals surface area contributed by atoms with E-state index in [9.17, 15) is 0 Å². The quantitative estimate of drug-likeness (QED) is 0.153. The fraction of sp³-hybridized carbons (Fsp3) is 0. The summed E-state index contributed by atoms with van der Waals surface area (Å²) in [5.74, 6) is 0. The molecule has 0 spiro atoms. The molecular formula is C58H38N2. The van der Waals surface area contributed by atoms with Gasteiger partial charge in [-0.25, -0.2) is 0 Å². The van der Waals surface area contributed by atoms with E-state index in [0.29, 0.717) is 0 Å². The number of benzene rings is 11. The summed E-state index contributed by atoms with van der Waals surface area (Å²) in [5, 5.41) is 12.4. The Kier molecular flexibility index (Phi) is 7.89. The minimum absolute atomic E-state index is 1.10. The second-order valence-electron chi connectivity index (χ2n) is 15.7. The molecule has 0 aliphatic heterocycles. The maximum atomic E-state index is 2.45. The number of anilines is 3. The highest BCUT2D eigenvalue weighted by Crippen LogP contribution is 2.48. The Morgan fingerprint density at radius 3 is 1.47 bits per heavy atom. The molecule has 0 saturated carbocycles. The van der Waals surface area contributed by atoms with Gasteiger partial charge in [-0.1, -0.05) is 170 Å². The van der Waals surface area contributed by atoms with Crippen LogP contribution in [-0.4, -0.2) is 4.57 Å².